The number of ether oxygens (including phenoxy) is 1. The Bertz CT molecular complexity index is 628. The van der Waals surface area contributed by atoms with Crippen LogP contribution in [0.5, 0.6) is 0 Å². The molecule has 1 aliphatic rings. The summed E-state index contributed by atoms with van der Waals surface area (Å²) in [5.41, 5.74) is 2.11. The second-order valence-electron chi connectivity index (χ2n) is 5.15. The van der Waals surface area contributed by atoms with Gasteiger partial charge in [0, 0.05) is 18.2 Å². The van der Waals surface area contributed by atoms with Gasteiger partial charge in [-0.15, -0.1) is 0 Å². The molecule has 5 nitrogen and oxygen atoms in total. The monoisotopic (exact) mass is 284 g/mol. The van der Waals surface area contributed by atoms with Gasteiger partial charge in [0.1, 0.15) is 12.3 Å². The molecule has 21 heavy (non-hydrogen) atoms. The maximum atomic E-state index is 10.7. The van der Waals surface area contributed by atoms with E-state index < -0.39 is 4.92 Å². The lowest BCUT2D eigenvalue weighted by Gasteiger charge is -2.14. The highest BCUT2D eigenvalue weighted by Gasteiger charge is 2.33. The second-order valence-corrected chi connectivity index (χ2v) is 5.15. The minimum atomic E-state index is -0.401. The van der Waals surface area contributed by atoms with E-state index in [0.717, 1.165) is 11.1 Å². The molecule has 1 saturated heterocycles. The van der Waals surface area contributed by atoms with Crippen LogP contribution in [0.1, 0.15) is 30.4 Å². The van der Waals surface area contributed by atoms with Gasteiger partial charge in [0.05, 0.1) is 4.92 Å². The quantitative estimate of drug-likeness (QED) is 0.693. The van der Waals surface area contributed by atoms with E-state index in [9.17, 15) is 10.1 Å². The average Bonchev–Trinajstić information content (AvgIpc) is 2.90. The van der Waals surface area contributed by atoms with Gasteiger partial charge < -0.3 is 4.74 Å². The van der Waals surface area contributed by atoms with Gasteiger partial charge in [-0.05, 0) is 30.2 Å². The van der Waals surface area contributed by atoms with Crippen molar-refractivity contribution in [1.29, 1.82) is 0 Å². The van der Waals surface area contributed by atoms with Crippen LogP contribution in [-0.4, -0.2) is 11.0 Å². The van der Waals surface area contributed by atoms with E-state index in [-0.39, 0.29) is 24.1 Å². The van der Waals surface area contributed by atoms with Crippen LogP contribution in [0.2, 0.25) is 0 Å². The summed E-state index contributed by atoms with van der Waals surface area (Å²) in [4.78, 5) is 10.3. The number of benzene rings is 2. The van der Waals surface area contributed by atoms with Gasteiger partial charge >= 0.3 is 0 Å². The van der Waals surface area contributed by atoms with Crippen LogP contribution in [0, 0.1) is 10.1 Å². The molecule has 1 fully saturated rings. The fourth-order valence-corrected chi connectivity index (χ4v) is 2.59. The fourth-order valence-electron chi connectivity index (χ4n) is 2.59. The van der Waals surface area contributed by atoms with E-state index >= 15 is 0 Å². The first kappa shape index (κ1) is 13.7. The number of hydrogen-bond donors (Lipinski definition) is 1. The molecule has 2 aromatic rings. The molecular formula is C16H16N2O3. The highest BCUT2D eigenvalue weighted by Crippen LogP contribution is 2.35. The van der Waals surface area contributed by atoms with Gasteiger partial charge in [0.25, 0.3) is 5.69 Å². The third-order valence-corrected chi connectivity index (χ3v) is 3.69. The Morgan fingerprint density at radius 1 is 1.05 bits per heavy atom. The topological polar surface area (TPSA) is 64.4 Å². The lowest BCUT2D eigenvalue weighted by atomic mass is 10.0. The highest BCUT2D eigenvalue weighted by molar-refractivity contribution is 5.34. The minimum Gasteiger partial charge on any atom is -0.350 e. The molecule has 1 aliphatic heterocycles. The van der Waals surface area contributed by atoms with E-state index in [0.29, 0.717) is 0 Å². The molecular weight excluding hydrogens is 268 g/mol. The number of non-ortho nitro benzene ring substituents is 1. The average molecular weight is 284 g/mol. The van der Waals surface area contributed by atoms with Crippen molar-refractivity contribution in [2.75, 3.05) is 0 Å². The molecule has 3 atom stereocenters. The summed E-state index contributed by atoms with van der Waals surface area (Å²) in [6.07, 6.45) is -0.266. The van der Waals surface area contributed by atoms with Gasteiger partial charge in [-0.1, -0.05) is 30.3 Å². The van der Waals surface area contributed by atoms with Gasteiger partial charge in [0.15, 0.2) is 0 Å². The number of nitro benzene ring substituents is 1. The number of nitrogens with one attached hydrogen (secondary N) is 1. The normalized spacial score (nSPS) is 24.9. The zero-order chi connectivity index (χ0) is 14.8. The summed E-state index contributed by atoms with van der Waals surface area (Å²) in [5.74, 6) is 0. The number of nitrogens with zero attached hydrogens (tertiary/aromatic N) is 1. The zero-order valence-corrected chi connectivity index (χ0v) is 11.6. The molecule has 5 heteroatoms. The van der Waals surface area contributed by atoms with Crippen molar-refractivity contribution in [3.05, 3.63) is 75.8 Å². The van der Waals surface area contributed by atoms with Crippen molar-refractivity contribution >= 4 is 5.69 Å². The maximum absolute atomic E-state index is 10.7. The zero-order valence-electron chi connectivity index (χ0n) is 11.6. The van der Waals surface area contributed by atoms with Crippen molar-refractivity contribution in [3.63, 3.8) is 0 Å². The Morgan fingerprint density at radius 2 is 1.71 bits per heavy atom. The SMILES string of the molecule is C[C@H]1N[C@@H](c2ccc([N+](=O)[O-])cc2)O[C@H]1c1ccccc1. The molecule has 1 N–H and O–H groups in total. The largest absolute Gasteiger partial charge is 0.350 e. The first-order valence-electron chi connectivity index (χ1n) is 6.86. The third kappa shape index (κ3) is 2.79. The molecule has 0 bridgehead atoms. The first-order valence-corrected chi connectivity index (χ1v) is 6.86. The minimum absolute atomic E-state index is 0.0219. The molecule has 2 aromatic carbocycles. The van der Waals surface area contributed by atoms with Crippen LogP contribution in [0.3, 0.4) is 0 Å². The lowest BCUT2D eigenvalue weighted by Crippen LogP contribution is -2.23. The Balaban J connectivity index is 1.78. The van der Waals surface area contributed by atoms with Gasteiger partial charge in [-0.25, -0.2) is 0 Å². The van der Waals surface area contributed by atoms with Crippen molar-refractivity contribution in [2.45, 2.75) is 25.3 Å². The molecule has 0 unspecified atom stereocenters. The van der Waals surface area contributed by atoms with Gasteiger partial charge in [-0.2, -0.15) is 0 Å². The van der Waals surface area contributed by atoms with Crippen molar-refractivity contribution in [2.24, 2.45) is 0 Å². The molecule has 1 heterocycles. The summed E-state index contributed by atoms with van der Waals surface area (Å²) < 4.78 is 6.07. The van der Waals surface area contributed by atoms with Crippen LogP contribution in [0.25, 0.3) is 0 Å². The smallest absolute Gasteiger partial charge is 0.269 e. The molecule has 0 saturated carbocycles. The van der Waals surface area contributed by atoms with Crippen LogP contribution in [-0.2, 0) is 4.74 Å². The second kappa shape index (κ2) is 5.63. The standard InChI is InChI=1S/C16H16N2O3/c1-11-15(12-5-3-2-4-6-12)21-16(17-11)13-7-9-14(10-8-13)18(19)20/h2-11,15-17H,1H3/t11-,15-,16-/m1/s1. The Labute approximate surface area is 122 Å². The van der Waals surface area contributed by atoms with Crippen LogP contribution in [0.4, 0.5) is 5.69 Å². The maximum Gasteiger partial charge on any atom is 0.269 e. The van der Waals surface area contributed by atoms with Crippen LogP contribution >= 0.6 is 0 Å². The molecule has 3 rings (SSSR count). The highest BCUT2D eigenvalue weighted by atomic mass is 16.6. The molecule has 0 radical (unpaired) electrons. The molecule has 0 aliphatic carbocycles. The van der Waals surface area contributed by atoms with Crippen LogP contribution < -0.4 is 5.32 Å². The number of nitro groups is 1. The Hall–Kier alpha value is -2.24. The molecule has 0 aromatic heterocycles. The fraction of sp³-hybridized carbons (Fsp3) is 0.250. The van der Waals surface area contributed by atoms with Crippen LogP contribution in [0.15, 0.2) is 54.6 Å². The summed E-state index contributed by atoms with van der Waals surface area (Å²) >= 11 is 0. The summed E-state index contributed by atoms with van der Waals surface area (Å²) in [6.45, 7) is 2.07. The first-order chi connectivity index (χ1) is 10.1. The molecule has 108 valence electrons. The summed E-state index contributed by atoms with van der Waals surface area (Å²) in [7, 11) is 0. The van der Waals surface area contributed by atoms with E-state index in [2.05, 4.69) is 12.2 Å². The van der Waals surface area contributed by atoms with E-state index in [4.69, 9.17) is 4.74 Å². The molecule has 0 spiro atoms. The molecule has 0 amide bonds. The summed E-state index contributed by atoms with van der Waals surface area (Å²) in [5, 5.41) is 14.1. The van der Waals surface area contributed by atoms with E-state index in [1.807, 2.05) is 30.3 Å². The Morgan fingerprint density at radius 3 is 2.33 bits per heavy atom. The van der Waals surface area contributed by atoms with Crippen molar-refractivity contribution < 1.29 is 9.66 Å². The predicted octanol–water partition coefficient (Wildman–Crippen LogP) is 3.34. The number of hydrogen-bond acceptors (Lipinski definition) is 4. The Kier molecular flexibility index (Phi) is 3.68. The van der Waals surface area contributed by atoms with Gasteiger partial charge in [-0.3, -0.25) is 15.4 Å². The third-order valence-electron chi connectivity index (χ3n) is 3.69. The van der Waals surface area contributed by atoms with E-state index in [1.165, 1.54) is 12.1 Å². The lowest BCUT2D eigenvalue weighted by molar-refractivity contribution is -0.384. The van der Waals surface area contributed by atoms with E-state index in [1.54, 1.807) is 12.1 Å². The predicted molar refractivity (Wildman–Crippen MR) is 78.7 cm³/mol. The number of rotatable bonds is 3. The van der Waals surface area contributed by atoms with Crippen molar-refractivity contribution in [1.82, 2.24) is 5.32 Å². The van der Waals surface area contributed by atoms with Crippen molar-refractivity contribution in [3.8, 4) is 0 Å². The van der Waals surface area contributed by atoms with Gasteiger partial charge in [0.2, 0.25) is 0 Å². The summed E-state index contributed by atoms with van der Waals surface area (Å²) in [6, 6.07) is 16.7.